The Hall–Kier alpha value is -2.86. The molecule has 0 N–H and O–H groups in total. The lowest BCUT2D eigenvalue weighted by atomic mass is 10.0. The van der Waals surface area contributed by atoms with Crippen molar-refractivity contribution < 1.29 is 19.1 Å². The third kappa shape index (κ3) is 7.87. The Kier molecular flexibility index (Phi) is 10.4. The highest BCUT2D eigenvalue weighted by Gasteiger charge is 2.28. The van der Waals surface area contributed by atoms with Crippen LogP contribution in [0.4, 0.5) is 5.69 Å². The van der Waals surface area contributed by atoms with Crippen LogP contribution in [0.15, 0.2) is 54.6 Å². The van der Waals surface area contributed by atoms with E-state index in [1.165, 1.54) is 5.56 Å². The molecule has 34 heavy (non-hydrogen) atoms. The summed E-state index contributed by atoms with van der Waals surface area (Å²) in [7, 11) is 0. The Morgan fingerprint density at radius 1 is 1.00 bits per heavy atom. The van der Waals surface area contributed by atoms with E-state index in [4.69, 9.17) is 9.47 Å². The van der Waals surface area contributed by atoms with E-state index in [2.05, 4.69) is 35.2 Å². The predicted octanol–water partition coefficient (Wildman–Crippen LogP) is 4.86. The van der Waals surface area contributed by atoms with Gasteiger partial charge in [-0.25, -0.2) is 0 Å². The molecule has 1 aliphatic heterocycles. The molecular weight excluding hydrogens is 428 g/mol. The highest BCUT2D eigenvalue weighted by atomic mass is 16.5. The van der Waals surface area contributed by atoms with Gasteiger partial charge in [-0.3, -0.25) is 9.59 Å². The number of hydrogen-bond donors (Lipinski definition) is 0. The van der Waals surface area contributed by atoms with Gasteiger partial charge < -0.3 is 19.3 Å². The summed E-state index contributed by atoms with van der Waals surface area (Å²) in [5, 5.41) is 0. The van der Waals surface area contributed by atoms with Gasteiger partial charge in [-0.1, -0.05) is 37.3 Å². The Labute approximate surface area is 203 Å². The van der Waals surface area contributed by atoms with Crippen LogP contribution in [0.5, 0.6) is 5.75 Å². The second kappa shape index (κ2) is 13.8. The number of nitrogens with zero attached hydrogens (tertiary/aromatic N) is 2. The van der Waals surface area contributed by atoms with Crippen LogP contribution in [-0.4, -0.2) is 55.7 Å². The molecular formula is C28H38N2O4. The Balaban J connectivity index is 1.50. The van der Waals surface area contributed by atoms with Gasteiger partial charge in [-0.15, -0.1) is 0 Å². The number of esters is 1. The second-order valence-electron chi connectivity index (χ2n) is 8.68. The highest BCUT2D eigenvalue weighted by molar-refractivity contribution is 5.93. The van der Waals surface area contributed by atoms with Crippen molar-refractivity contribution in [1.29, 1.82) is 0 Å². The molecule has 0 bridgehead atoms. The van der Waals surface area contributed by atoms with E-state index in [-0.39, 0.29) is 17.9 Å². The van der Waals surface area contributed by atoms with Gasteiger partial charge in [0.25, 0.3) is 0 Å². The minimum absolute atomic E-state index is 0.158. The second-order valence-corrected chi connectivity index (χ2v) is 8.68. The molecule has 0 atom stereocenters. The third-order valence-corrected chi connectivity index (χ3v) is 6.27. The Morgan fingerprint density at radius 3 is 2.35 bits per heavy atom. The van der Waals surface area contributed by atoms with Crippen molar-refractivity contribution in [3.8, 4) is 5.75 Å². The first-order chi connectivity index (χ1) is 16.6. The third-order valence-electron chi connectivity index (χ3n) is 6.27. The van der Waals surface area contributed by atoms with E-state index in [1.807, 2.05) is 36.1 Å². The smallest absolute Gasteiger partial charge is 0.305 e. The van der Waals surface area contributed by atoms with Gasteiger partial charge in [-0.05, 0) is 62.4 Å². The lowest BCUT2D eigenvalue weighted by Crippen LogP contribution is -2.47. The van der Waals surface area contributed by atoms with Crippen LogP contribution in [0.1, 0.15) is 51.5 Å². The average Bonchev–Trinajstić information content (AvgIpc) is 2.88. The molecule has 0 aromatic heterocycles. The molecule has 1 heterocycles. The summed E-state index contributed by atoms with van der Waals surface area (Å²) in [6.07, 6.45) is 4.47. The molecule has 6 heteroatoms. The molecule has 6 nitrogen and oxygen atoms in total. The minimum Gasteiger partial charge on any atom is -0.494 e. The zero-order chi connectivity index (χ0) is 24.2. The van der Waals surface area contributed by atoms with Crippen LogP contribution >= 0.6 is 0 Å². The average molecular weight is 467 g/mol. The standard InChI is InChI=1S/C28H38N2O4/c1-3-27(31)30(24-12-14-26(15-13-24)34-22-8-11-28(32)33-4-2)25-17-20-29(21-18-25)19-16-23-9-6-5-7-10-23/h5-7,9-10,12-15,25H,3-4,8,11,16-22H2,1-2H3. The molecule has 0 radical (unpaired) electrons. The maximum Gasteiger partial charge on any atom is 0.305 e. The summed E-state index contributed by atoms with van der Waals surface area (Å²) >= 11 is 0. The first kappa shape index (κ1) is 25.8. The first-order valence-electron chi connectivity index (χ1n) is 12.6. The van der Waals surface area contributed by atoms with Gasteiger partial charge in [0.2, 0.25) is 5.91 Å². The number of hydrogen-bond acceptors (Lipinski definition) is 5. The molecule has 2 aromatic carbocycles. The predicted molar refractivity (Wildman–Crippen MR) is 135 cm³/mol. The van der Waals surface area contributed by atoms with E-state index in [1.54, 1.807) is 6.92 Å². The highest BCUT2D eigenvalue weighted by Crippen LogP contribution is 2.27. The van der Waals surface area contributed by atoms with Crippen LogP contribution < -0.4 is 9.64 Å². The Morgan fingerprint density at radius 2 is 1.71 bits per heavy atom. The maximum absolute atomic E-state index is 12.9. The topological polar surface area (TPSA) is 59.1 Å². The van der Waals surface area contributed by atoms with Crippen molar-refractivity contribution in [1.82, 2.24) is 4.90 Å². The molecule has 0 unspecified atom stereocenters. The fourth-order valence-corrected chi connectivity index (χ4v) is 4.40. The van der Waals surface area contributed by atoms with Gasteiger partial charge in [-0.2, -0.15) is 0 Å². The monoisotopic (exact) mass is 466 g/mol. The van der Waals surface area contributed by atoms with Crippen molar-refractivity contribution in [2.45, 2.75) is 58.4 Å². The summed E-state index contributed by atoms with van der Waals surface area (Å²) in [4.78, 5) is 28.8. The molecule has 1 aliphatic rings. The molecule has 0 spiro atoms. The molecule has 1 fully saturated rings. The zero-order valence-corrected chi connectivity index (χ0v) is 20.6. The molecule has 184 valence electrons. The SMILES string of the molecule is CCOC(=O)CCCOc1ccc(N(C(=O)CC)C2CCN(CCc3ccccc3)CC2)cc1. The molecule has 2 aromatic rings. The van der Waals surface area contributed by atoms with Gasteiger partial charge in [0.05, 0.1) is 13.2 Å². The van der Waals surface area contributed by atoms with Crippen LogP contribution in [0.2, 0.25) is 0 Å². The van der Waals surface area contributed by atoms with E-state index in [9.17, 15) is 9.59 Å². The molecule has 1 saturated heterocycles. The van der Waals surface area contributed by atoms with E-state index in [0.717, 1.165) is 50.3 Å². The van der Waals surface area contributed by atoms with Crippen molar-refractivity contribution in [2.24, 2.45) is 0 Å². The zero-order valence-electron chi connectivity index (χ0n) is 20.6. The number of carbonyl (C=O) groups is 2. The van der Waals surface area contributed by atoms with E-state index >= 15 is 0 Å². The lowest BCUT2D eigenvalue weighted by molar-refractivity contribution is -0.143. The number of anilines is 1. The number of rotatable bonds is 12. The quantitative estimate of drug-likeness (QED) is 0.330. The normalized spacial score (nSPS) is 14.5. The van der Waals surface area contributed by atoms with Gasteiger partial charge in [0.15, 0.2) is 0 Å². The fourth-order valence-electron chi connectivity index (χ4n) is 4.40. The Bertz CT molecular complexity index is 877. The van der Waals surface area contributed by atoms with E-state index < -0.39 is 0 Å². The number of amides is 1. The molecule has 0 aliphatic carbocycles. The lowest BCUT2D eigenvalue weighted by Gasteiger charge is -2.38. The minimum atomic E-state index is -0.193. The number of ether oxygens (including phenoxy) is 2. The number of benzene rings is 2. The van der Waals surface area contributed by atoms with Crippen LogP contribution in [0.3, 0.4) is 0 Å². The van der Waals surface area contributed by atoms with Crippen LogP contribution in [0.25, 0.3) is 0 Å². The number of piperidine rings is 1. The summed E-state index contributed by atoms with van der Waals surface area (Å²) in [6.45, 7) is 7.65. The van der Waals surface area contributed by atoms with Crippen LogP contribution in [0, 0.1) is 0 Å². The summed E-state index contributed by atoms with van der Waals surface area (Å²) in [5.41, 5.74) is 2.30. The van der Waals surface area contributed by atoms with Crippen molar-refractivity contribution >= 4 is 17.6 Å². The van der Waals surface area contributed by atoms with Gasteiger partial charge >= 0.3 is 5.97 Å². The van der Waals surface area contributed by atoms with E-state index in [0.29, 0.717) is 32.5 Å². The number of carbonyl (C=O) groups excluding carboxylic acids is 2. The first-order valence-corrected chi connectivity index (χ1v) is 12.6. The molecule has 3 rings (SSSR count). The molecule has 1 amide bonds. The van der Waals surface area contributed by atoms with Crippen molar-refractivity contribution in [2.75, 3.05) is 37.7 Å². The van der Waals surface area contributed by atoms with Gasteiger partial charge in [0, 0.05) is 44.2 Å². The summed E-state index contributed by atoms with van der Waals surface area (Å²) in [6, 6.07) is 18.6. The fraction of sp³-hybridized carbons (Fsp3) is 0.500. The van der Waals surface area contributed by atoms with Gasteiger partial charge in [0.1, 0.15) is 5.75 Å². The number of likely N-dealkylation sites (tertiary alicyclic amines) is 1. The summed E-state index contributed by atoms with van der Waals surface area (Å²) in [5.74, 6) is 0.708. The van der Waals surface area contributed by atoms with Crippen LogP contribution in [-0.2, 0) is 20.7 Å². The van der Waals surface area contributed by atoms with Crippen molar-refractivity contribution in [3.05, 3.63) is 60.2 Å². The summed E-state index contributed by atoms with van der Waals surface area (Å²) < 4.78 is 10.7. The largest absolute Gasteiger partial charge is 0.494 e. The molecule has 0 saturated carbocycles. The van der Waals surface area contributed by atoms with Crippen molar-refractivity contribution in [3.63, 3.8) is 0 Å². The maximum atomic E-state index is 12.9.